The molecule has 0 aromatic carbocycles. The van der Waals surface area contributed by atoms with Gasteiger partial charge in [-0.15, -0.1) is 0 Å². The summed E-state index contributed by atoms with van der Waals surface area (Å²) < 4.78 is 5.75. The summed E-state index contributed by atoms with van der Waals surface area (Å²) in [6.07, 6.45) is 54.6. The summed E-state index contributed by atoms with van der Waals surface area (Å²) in [5, 5.41) is 9.15. The van der Waals surface area contributed by atoms with Crippen molar-refractivity contribution in [3.63, 3.8) is 0 Å². The lowest BCUT2D eigenvalue weighted by molar-refractivity contribution is -0.151. The molecule has 0 rings (SSSR count). The fourth-order valence-corrected chi connectivity index (χ4v) is 6.55. The summed E-state index contributed by atoms with van der Waals surface area (Å²) in [6.45, 7) is 4.53. The highest BCUT2D eigenvalue weighted by Gasteiger charge is 2.16. The van der Waals surface area contributed by atoms with E-state index in [4.69, 9.17) is 9.84 Å². The van der Waals surface area contributed by atoms with Crippen LogP contribution in [-0.4, -0.2) is 23.1 Å². The molecule has 0 bridgehead atoms. The van der Waals surface area contributed by atoms with E-state index < -0.39 is 5.97 Å². The number of carbonyl (C=O) groups excluding carboxylic acids is 1. The molecule has 4 nitrogen and oxygen atoms in total. The molecule has 0 saturated carbocycles. The summed E-state index contributed by atoms with van der Waals surface area (Å²) in [6, 6.07) is 0. The molecule has 0 aromatic heterocycles. The van der Waals surface area contributed by atoms with E-state index in [0.29, 0.717) is 12.8 Å². The zero-order chi connectivity index (χ0) is 36.4. The number of esters is 1. The average Bonchev–Trinajstić information content (AvgIpc) is 3.10. The normalized spacial score (nSPS) is 12.5. The number of carbonyl (C=O) groups is 2. The Bertz CT molecular complexity index is 798. The molecule has 1 atom stereocenters. The molecular formula is C46H84O4. The minimum atomic E-state index is -0.812. The first-order valence-electron chi connectivity index (χ1n) is 22.0. The highest BCUT2D eigenvalue weighted by Crippen LogP contribution is 2.18. The molecule has 50 heavy (non-hydrogen) atoms. The van der Waals surface area contributed by atoms with Crippen LogP contribution in [0.25, 0.3) is 0 Å². The highest BCUT2D eigenvalue weighted by atomic mass is 16.5. The quantitative estimate of drug-likeness (QED) is 0.0393. The van der Waals surface area contributed by atoms with Crippen LogP contribution in [0.1, 0.15) is 239 Å². The van der Waals surface area contributed by atoms with Crippen molar-refractivity contribution in [1.82, 2.24) is 0 Å². The fraction of sp³-hybridized carbons (Fsp3) is 0.826. The van der Waals surface area contributed by atoms with Crippen LogP contribution in [-0.2, 0) is 14.3 Å². The second-order valence-corrected chi connectivity index (χ2v) is 14.9. The van der Waals surface area contributed by atoms with Gasteiger partial charge in [-0.3, -0.25) is 9.59 Å². The molecule has 0 radical (unpaired) electrons. The molecule has 0 spiro atoms. The fourth-order valence-electron chi connectivity index (χ4n) is 6.55. The van der Waals surface area contributed by atoms with E-state index in [1.165, 1.54) is 154 Å². The Labute approximate surface area is 311 Å². The first kappa shape index (κ1) is 48.2. The van der Waals surface area contributed by atoms with Crippen LogP contribution in [0.15, 0.2) is 36.5 Å². The largest absolute Gasteiger partial charge is 0.481 e. The topological polar surface area (TPSA) is 63.6 Å². The first-order valence-corrected chi connectivity index (χ1v) is 22.0. The number of rotatable bonds is 40. The average molecular weight is 701 g/mol. The molecule has 4 heteroatoms. The molecule has 292 valence electrons. The van der Waals surface area contributed by atoms with Crippen molar-refractivity contribution < 1.29 is 19.4 Å². The molecule has 0 aliphatic rings. The van der Waals surface area contributed by atoms with E-state index in [1.54, 1.807) is 0 Å². The van der Waals surface area contributed by atoms with Crippen molar-refractivity contribution in [2.24, 2.45) is 0 Å². The Morgan fingerprint density at radius 1 is 0.440 bits per heavy atom. The van der Waals surface area contributed by atoms with Crippen molar-refractivity contribution >= 4 is 11.9 Å². The van der Waals surface area contributed by atoms with Gasteiger partial charge in [0.25, 0.3) is 0 Å². The first-order chi connectivity index (χ1) is 24.6. The van der Waals surface area contributed by atoms with Gasteiger partial charge in [0, 0.05) is 12.8 Å². The summed E-state index contributed by atoms with van der Waals surface area (Å²) >= 11 is 0. The summed E-state index contributed by atoms with van der Waals surface area (Å²) in [7, 11) is 0. The van der Waals surface area contributed by atoms with E-state index in [1.807, 2.05) is 0 Å². The number of carboxylic acids is 1. The molecule has 0 fully saturated rings. The van der Waals surface area contributed by atoms with Gasteiger partial charge in [-0.05, 0) is 83.5 Å². The zero-order valence-corrected chi connectivity index (χ0v) is 33.5. The Balaban J connectivity index is 3.72. The predicted molar refractivity (Wildman–Crippen MR) is 218 cm³/mol. The van der Waals surface area contributed by atoms with Crippen LogP contribution in [0.4, 0.5) is 0 Å². The van der Waals surface area contributed by atoms with Gasteiger partial charge in [0.15, 0.2) is 0 Å². The second kappa shape index (κ2) is 41.6. The van der Waals surface area contributed by atoms with Crippen molar-refractivity contribution in [2.75, 3.05) is 0 Å². The molecule has 0 aromatic rings. The third kappa shape index (κ3) is 40.6. The van der Waals surface area contributed by atoms with E-state index >= 15 is 0 Å². The smallest absolute Gasteiger partial charge is 0.306 e. The van der Waals surface area contributed by atoms with E-state index in [9.17, 15) is 9.59 Å². The summed E-state index contributed by atoms with van der Waals surface area (Å²) in [4.78, 5) is 23.6. The van der Waals surface area contributed by atoms with Crippen molar-refractivity contribution in [3.8, 4) is 0 Å². The Hall–Kier alpha value is -1.84. The van der Waals surface area contributed by atoms with Crippen LogP contribution < -0.4 is 0 Å². The monoisotopic (exact) mass is 701 g/mol. The number of carboxylic acid groups (broad SMARTS) is 1. The highest BCUT2D eigenvalue weighted by molar-refractivity contribution is 5.69. The van der Waals surface area contributed by atoms with Gasteiger partial charge in [-0.25, -0.2) is 0 Å². The number of unbranched alkanes of at least 4 members (excludes halogenated alkanes) is 26. The Morgan fingerprint density at radius 2 is 0.800 bits per heavy atom. The molecule has 0 aliphatic carbocycles. The van der Waals surface area contributed by atoms with E-state index in [-0.39, 0.29) is 18.5 Å². The lowest BCUT2D eigenvalue weighted by atomic mass is 10.0. The Morgan fingerprint density at radius 3 is 1.28 bits per heavy atom. The number of hydrogen-bond donors (Lipinski definition) is 1. The number of hydrogen-bond acceptors (Lipinski definition) is 3. The minimum absolute atomic E-state index is 0.0694. The van der Waals surface area contributed by atoms with E-state index in [2.05, 4.69) is 50.3 Å². The molecule has 0 amide bonds. The van der Waals surface area contributed by atoms with Crippen molar-refractivity contribution in [3.05, 3.63) is 36.5 Å². The van der Waals surface area contributed by atoms with Gasteiger partial charge in [0.05, 0.1) is 0 Å². The van der Waals surface area contributed by atoms with Gasteiger partial charge < -0.3 is 9.84 Å². The molecule has 1 N–H and O–H groups in total. The van der Waals surface area contributed by atoms with Crippen LogP contribution >= 0.6 is 0 Å². The SMILES string of the molecule is CCCCC/C=C\C/C=C\CCCC/C=C\CCCCCCCC(=O)OC(CCCCCCCCCCCCCCCCCC)CCC(=O)O. The maximum Gasteiger partial charge on any atom is 0.306 e. The summed E-state index contributed by atoms with van der Waals surface area (Å²) in [5.41, 5.74) is 0. The van der Waals surface area contributed by atoms with Crippen LogP contribution in [0.2, 0.25) is 0 Å². The van der Waals surface area contributed by atoms with Gasteiger partial charge in [0.1, 0.15) is 6.10 Å². The van der Waals surface area contributed by atoms with Gasteiger partial charge in [-0.2, -0.15) is 0 Å². The lowest BCUT2D eigenvalue weighted by Crippen LogP contribution is -2.19. The van der Waals surface area contributed by atoms with E-state index in [0.717, 1.165) is 51.4 Å². The molecule has 0 aliphatic heterocycles. The van der Waals surface area contributed by atoms with Gasteiger partial charge in [0.2, 0.25) is 0 Å². The van der Waals surface area contributed by atoms with Crippen molar-refractivity contribution in [1.29, 1.82) is 0 Å². The maximum absolute atomic E-state index is 12.5. The molecule has 0 saturated heterocycles. The molecule has 1 unspecified atom stereocenters. The third-order valence-corrected chi connectivity index (χ3v) is 9.85. The van der Waals surface area contributed by atoms with Gasteiger partial charge in [-0.1, -0.05) is 179 Å². The Kier molecular flexibility index (Phi) is 40.0. The van der Waals surface area contributed by atoms with Crippen molar-refractivity contribution in [2.45, 2.75) is 245 Å². The number of ether oxygens (including phenoxy) is 1. The minimum Gasteiger partial charge on any atom is -0.481 e. The zero-order valence-electron chi connectivity index (χ0n) is 33.5. The van der Waals surface area contributed by atoms with Crippen LogP contribution in [0.3, 0.4) is 0 Å². The standard InChI is InChI=1S/C46H84O4/c1-3-5-7-9-11-13-15-17-19-21-22-23-24-25-27-29-31-33-35-37-39-41-46(49)50-44(42-43-45(47)48)40-38-36-34-32-30-28-26-20-18-16-14-12-10-8-6-4-2/h11,13,17,19,25,27,44H,3-10,12,14-16,18,20-24,26,28-43H2,1-2H3,(H,47,48)/b13-11-,19-17-,27-25-. The maximum atomic E-state index is 12.5. The third-order valence-electron chi connectivity index (χ3n) is 9.85. The molecular weight excluding hydrogens is 617 g/mol. The van der Waals surface area contributed by atoms with Gasteiger partial charge >= 0.3 is 11.9 Å². The van der Waals surface area contributed by atoms with Crippen LogP contribution in [0, 0.1) is 0 Å². The number of allylic oxidation sites excluding steroid dienone is 6. The summed E-state index contributed by atoms with van der Waals surface area (Å²) in [5.74, 6) is -0.961. The predicted octanol–water partition coefficient (Wildman–Crippen LogP) is 15.3. The number of aliphatic carboxylic acids is 1. The van der Waals surface area contributed by atoms with Crippen LogP contribution in [0.5, 0.6) is 0 Å². The lowest BCUT2D eigenvalue weighted by Gasteiger charge is -2.17. The second-order valence-electron chi connectivity index (χ2n) is 14.9. The molecule has 0 heterocycles.